The quantitative estimate of drug-likeness (QED) is 0.541. The topological polar surface area (TPSA) is 48.9 Å². The van der Waals surface area contributed by atoms with Gasteiger partial charge in [-0.05, 0) is 22.8 Å². The van der Waals surface area contributed by atoms with Gasteiger partial charge in [0.1, 0.15) is 5.82 Å². The van der Waals surface area contributed by atoms with Crippen molar-refractivity contribution in [2.75, 3.05) is 39.9 Å². The Morgan fingerprint density at radius 2 is 1.70 bits per heavy atom. The Morgan fingerprint density at radius 1 is 1.03 bits per heavy atom. The van der Waals surface area contributed by atoms with Gasteiger partial charge in [-0.3, -0.25) is 9.89 Å². The Labute approximate surface area is 179 Å². The van der Waals surface area contributed by atoms with Crippen LogP contribution >= 0.6 is 0 Å². The highest BCUT2D eigenvalue weighted by Gasteiger charge is 2.24. The van der Waals surface area contributed by atoms with E-state index in [1.54, 1.807) is 13.1 Å². The Morgan fingerprint density at radius 3 is 2.40 bits per heavy atom. The Balaban J connectivity index is 1.57. The zero-order chi connectivity index (χ0) is 21.4. The lowest BCUT2D eigenvalue weighted by molar-refractivity contribution is 0.0341. The molecular weight excluding hydrogens is 379 g/mol. The number of rotatable bonds is 7. The van der Waals surface area contributed by atoms with Gasteiger partial charge in [-0.2, -0.15) is 0 Å². The molecule has 6 heteroatoms. The van der Waals surface area contributed by atoms with Crippen molar-refractivity contribution in [1.29, 1.82) is 0 Å². The molecule has 2 aromatic rings. The second-order valence-corrected chi connectivity index (χ2v) is 8.30. The van der Waals surface area contributed by atoms with Crippen LogP contribution in [-0.2, 0) is 23.2 Å². The van der Waals surface area contributed by atoms with Crippen molar-refractivity contribution in [2.24, 2.45) is 4.99 Å². The van der Waals surface area contributed by atoms with Gasteiger partial charge in [0.2, 0.25) is 0 Å². The monoisotopic (exact) mass is 412 g/mol. The minimum Gasteiger partial charge on any atom is -0.379 e. The van der Waals surface area contributed by atoms with Gasteiger partial charge in [0.25, 0.3) is 0 Å². The predicted octanol–water partition coefficient (Wildman–Crippen LogP) is 3.30. The number of hydrogen-bond acceptors (Lipinski definition) is 3. The van der Waals surface area contributed by atoms with E-state index in [0.29, 0.717) is 24.6 Å². The standard InChI is InChI=1S/C24H33FN4O/c1-24(2,21-10-6-7-11-22(21)25)18-28-23(26-3)27-16-19-8-4-5-9-20(19)17-29-12-14-30-15-13-29/h4-11H,12-18H2,1-3H3,(H2,26,27,28). The summed E-state index contributed by atoms with van der Waals surface area (Å²) in [5.41, 5.74) is 2.90. The van der Waals surface area contributed by atoms with Crippen molar-refractivity contribution in [3.05, 3.63) is 71.0 Å². The van der Waals surface area contributed by atoms with Crippen molar-refractivity contribution >= 4 is 5.96 Å². The molecule has 2 N–H and O–H groups in total. The molecule has 1 fully saturated rings. The van der Waals surface area contributed by atoms with Crippen LogP contribution in [0.15, 0.2) is 53.5 Å². The highest BCUT2D eigenvalue weighted by atomic mass is 19.1. The maximum atomic E-state index is 14.2. The molecule has 5 nitrogen and oxygen atoms in total. The van der Waals surface area contributed by atoms with Crippen LogP contribution in [-0.4, -0.2) is 50.8 Å². The van der Waals surface area contributed by atoms with E-state index >= 15 is 0 Å². The maximum absolute atomic E-state index is 14.2. The maximum Gasteiger partial charge on any atom is 0.191 e. The molecule has 1 aliphatic rings. The van der Waals surface area contributed by atoms with Crippen LogP contribution in [0, 0.1) is 5.82 Å². The van der Waals surface area contributed by atoms with Gasteiger partial charge in [0.15, 0.2) is 5.96 Å². The predicted molar refractivity (Wildman–Crippen MR) is 120 cm³/mol. The Bertz CT molecular complexity index is 847. The molecule has 0 unspecified atom stereocenters. The van der Waals surface area contributed by atoms with Crippen LogP contribution < -0.4 is 10.6 Å². The van der Waals surface area contributed by atoms with Crippen LogP contribution in [0.3, 0.4) is 0 Å². The fraction of sp³-hybridized carbons (Fsp3) is 0.458. The number of guanidine groups is 1. The first-order valence-corrected chi connectivity index (χ1v) is 10.6. The molecule has 0 saturated carbocycles. The normalized spacial score (nSPS) is 15.8. The summed E-state index contributed by atoms with van der Waals surface area (Å²) in [6.45, 7) is 9.78. The van der Waals surface area contributed by atoms with E-state index in [4.69, 9.17) is 4.74 Å². The number of nitrogens with one attached hydrogen (secondary N) is 2. The number of aliphatic imine (C=N–C) groups is 1. The highest BCUT2D eigenvalue weighted by Crippen LogP contribution is 2.24. The molecule has 0 aliphatic carbocycles. The number of nitrogens with zero attached hydrogens (tertiary/aromatic N) is 2. The van der Waals surface area contributed by atoms with Gasteiger partial charge in [0, 0.05) is 45.2 Å². The molecule has 0 amide bonds. The van der Waals surface area contributed by atoms with E-state index in [9.17, 15) is 4.39 Å². The van der Waals surface area contributed by atoms with Gasteiger partial charge in [0.05, 0.1) is 13.2 Å². The van der Waals surface area contributed by atoms with Crippen molar-refractivity contribution in [2.45, 2.75) is 32.4 Å². The zero-order valence-electron chi connectivity index (χ0n) is 18.2. The van der Waals surface area contributed by atoms with Crippen LogP contribution in [0.2, 0.25) is 0 Å². The van der Waals surface area contributed by atoms with Crippen LogP contribution in [0.5, 0.6) is 0 Å². The molecule has 2 aromatic carbocycles. The molecule has 30 heavy (non-hydrogen) atoms. The molecule has 0 bridgehead atoms. The minimum atomic E-state index is -0.364. The Kier molecular flexibility index (Phi) is 7.82. The first-order chi connectivity index (χ1) is 14.5. The van der Waals surface area contributed by atoms with Gasteiger partial charge < -0.3 is 15.4 Å². The summed E-state index contributed by atoms with van der Waals surface area (Å²) in [6.07, 6.45) is 0. The second kappa shape index (κ2) is 10.5. The first-order valence-electron chi connectivity index (χ1n) is 10.6. The fourth-order valence-corrected chi connectivity index (χ4v) is 3.69. The molecule has 1 aliphatic heterocycles. The van der Waals surface area contributed by atoms with Crippen LogP contribution in [0.4, 0.5) is 4.39 Å². The molecule has 162 valence electrons. The van der Waals surface area contributed by atoms with E-state index in [0.717, 1.165) is 32.8 Å². The lowest BCUT2D eigenvalue weighted by atomic mass is 9.84. The molecule has 0 spiro atoms. The summed E-state index contributed by atoms with van der Waals surface area (Å²) >= 11 is 0. The molecular formula is C24H33FN4O. The van der Waals surface area contributed by atoms with Gasteiger partial charge in [-0.15, -0.1) is 0 Å². The fourth-order valence-electron chi connectivity index (χ4n) is 3.69. The van der Waals surface area contributed by atoms with Crippen LogP contribution in [0.25, 0.3) is 0 Å². The summed E-state index contributed by atoms with van der Waals surface area (Å²) < 4.78 is 19.7. The third-order valence-corrected chi connectivity index (χ3v) is 5.59. The number of ether oxygens (including phenoxy) is 1. The number of hydrogen-bond donors (Lipinski definition) is 2. The van der Waals surface area contributed by atoms with Crippen molar-refractivity contribution in [1.82, 2.24) is 15.5 Å². The van der Waals surface area contributed by atoms with E-state index in [1.165, 1.54) is 17.2 Å². The first kappa shape index (κ1) is 22.2. The molecule has 1 saturated heterocycles. The van der Waals surface area contributed by atoms with E-state index in [2.05, 4.69) is 44.8 Å². The lowest BCUT2D eigenvalue weighted by Crippen LogP contribution is -2.43. The molecule has 0 radical (unpaired) electrons. The van der Waals surface area contributed by atoms with Gasteiger partial charge in [-0.25, -0.2) is 4.39 Å². The smallest absolute Gasteiger partial charge is 0.191 e. The van der Waals surface area contributed by atoms with Gasteiger partial charge in [-0.1, -0.05) is 56.3 Å². The van der Waals surface area contributed by atoms with E-state index in [-0.39, 0.29) is 11.2 Å². The van der Waals surface area contributed by atoms with Crippen molar-refractivity contribution in [3.63, 3.8) is 0 Å². The summed E-state index contributed by atoms with van der Waals surface area (Å²) in [4.78, 5) is 6.76. The molecule has 3 rings (SSSR count). The largest absolute Gasteiger partial charge is 0.379 e. The average Bonchev–Trinajstić information content (AvgIpc) is 2.76. The number of morpholine rings is 1. The summed E-state index contributed by atoms with van der Waals surface area (Å²) in [7, 11) is 1.76. The second-order valence-electron chi connectivity index (χ2n) is 8.30. The number of halogens is 1. The van der Waals surface area contributed by atoms with Gasteiger partial charge >= 0.3 is 0 Å². The zero-order valence-corrected chi connectivity index (χ0v) is 18.2. The SMILES string of the molecule is CN=C(NCc1ccccc1CN1CCOCC1)NCC(C)(C)c1ccccc1F. The summed E-state index contributed by atoms with van der Waals surface area (Å²) in [5.74, 6) is 0.532. The molecule has 1 heterocycles. The highest BCUT2D eigenvalue weighted by molar-refractivity contribution is 5.79. The summed E-state index contributed by atoms with van der Waals surface area (Å²) in [6, 6.07) is 15.4. The lowest BCUT2D eigenvalue weighted by Gasteiger charge is -2.28. The average molecular weight is 413 g/mol. The summed E-state index contributed by atoms with van der Waals surface area (Å²) in [5, 5.41) is 6.76. The number of benzene rings is 2. The third kappa shape index (κ3) is 6.03. The van der Waals surface area contributed by atoms with Crippen molar-refractivity contribution in [3.8, 4) is 0 Å². The minimum absolute atomic E-state index is 0.177. The van der Waals surface area contributed by atoms with E-state index in [1.807, 2.05) is 26.0 Å². The van der Waals surface area contributed by atoms with E-state index < -0.39 is 0 Å². The Hall–Kier alpha value is -2.44. The van der Waals surface area contributed by atoms with Crippen LogP contribution in [0.1, 0.15) is 30.5 Å². The third-order valence-electron chi connectivity index (χ3n) is 5.59. The molecule has 0 aromatic heterocycles. The van der Waals surface area contributed by atoms with Crippen molar-refractivity contribution < 1.29 is 9.13 Å². The molecule has 0 atom stereocenters.